The highest BCUT2D eigenvalue weighted by Gasteiger charge is 2.69. The van der Waals surface area contributed by atoms with Crippen molar-refractivity contribution in [2.75, 3.05) is 6.54 Å². The van der Waals surface area contributed by atoms with Gasteiger partial charge >= 0.3 is 0 Å². The van der Waals surface area contributed by atoms with Crippen LogP contribution in [0.4, 0.5) is 0 Å². The van der Waals surface area contributed by atoms with E-state index in [1.807, 2.05) is 0 Å². The predicted octanol–water partition coefficient (Wildman–Crippen LogP) is 2.16. The molecule has 3 heterocycles. The lowest BCUT2D eigenvalue weighted by Gasteiger charge is -2.57. The van der Waals surface area contributed by atoms with E-state index in [2.05, 4.69) is 29.6 Å². The zero-order valence-corrected chi connectivity index (χ0v) is 10.6. The van der Waals surface area contributed by atoms with E-state index < -0.39 is 0 Å². The van der Waals surface area contributed by atoms with Gasteiger partial charge in [0.1, 0.15) is 0 Å². The molecule has 1 aromatic carbocycles. The first kappa shape index (κ1) is 9.99. The van der Waals surface area contributed by atoms with Gasteiger partial charge in [0, 0.05) is 11.5 Å². The molecule has 1 aromatic rings. The van der Waals surface area contributed by atoms with Crippen molar-refractivity contribution in [3.63, 3.8) is 0 Å². The van der Waals surface area contributed by atoms with E-state index in [1.54, 1.807) is 11.1 Å². The SMILES string of the molecule is c1ccc2c(c1)C[C@H]1NCC[C@@]23CC2CC[C@@]13O2. The van der Waals surface area contributed by atoms with Gasteiger partial charge in [-0.15, -0.1) is 0 Å². The molecule has 0 radical (unpaired) electrons. The van der Waals surface area contributed by atoms with Crippen LogP contribution >= 0.6 is 0 Å². The number of rotatable bonds is 0. The first-order valence-corrected chi connectivity index (χ1v) is 7.34. The number of fused-ring (bicyclic) bond motifs is 2. The minimum atomic E-state index is 0.129. The Morgan fingerprint density at radius 1 is 1.22 bits per heavy atom. The fourth-order valence-electron chi connectivity index (χ4n) is 5.47. The molecule has 0 amide bonds. The van der Waals surface area contributed by atoms with Crippen molar-refractivity contribution in [3.8, 4) is 0 Å². The van der Waals surface area contributed by atoms with Crippen molar-refractivity contribution >= 4 is 0 Å². The summed E-state index contributed by atoms with van der Waals surface area (Å²) in [6.45, 7) is 1.16. The van der Waals surface area contributed by atoms with Crippen LogP contribution in [-0.2, 0) is 16.6 Å². The van der Waals surface area contributed by atoms with Gasteiger partial charge in [-0.05, 0) is 49.8 Å². The second-order valence-corrected chi connectivity index (χ2v) is 6.57. The second kappa shape index (κ2) is 3.00. The van der Waals surface area contributed by atoms with Crippen molar-refractivity contribution in [2.24, 2.45) is 0 Å². The average Bonchev–Trinajstić information content (AvgIpc) is 2.94. The lowest BCUT2D eigenvalue weighted by Crippen LogP contribution is -2.68. The molecule has 1 N–H and O–H groups in total. The summed E-state index contributed by atoms with van der Waals surface area (Å²) in [5, 5.41) is 3.75. The minimum Gasteiger partial charge on any atom is -0.369 e. The smallest absolute Gasteiger partial charge is 0.0940 e. The highest BCUT2D eigenvalue weighted by atomic mass is 16.5. The van der Waals surface area contributed by atoms with Gasteiger partial charge in [0.25, 0.3) is 0 Å². The lowest BCUT2D eigenvalue weighted by atomic mass is 9.52. The Hall–Kier alpha value is -0.860. The molecule has 18 heavy (non-hydrogen) atoms. The first-order chi connectivity index (χ1) is 8.84. The van der Waals surface area contributed by atoms with Crippen molar-refractivity contribution < 1.29 is 4.74 Å². The highest BCUT2D eigenvalue weighted by Crippen LogP contribution is 2.63. The van der Waals surface area contributed by atoms with Crippen LogP contribution in [0.5, 0.6) is 0 Å². The van der Waals surface area contributed by atoms with Crippen LogP contribution in [-0.4, -0.2) is 24.3 Å². The van der Waals surface area contributed by atoms with E-state index in [-0.39, 0.29) is 5.60 Å². The van der Waals surface area contributed by atoms with Crippen molar-refractivity contribution in [1.29, 1.82) is 0 Å². The zero-order chi connectivity index (χ0) is 11.8. The van der Waals surface area contributed by atoms with E-state index in [0.29, 0.717) is 17.6 Å². The van der Waals surface area contributed by atoms with Gasteiger partial charge in [0.2, 0.25) is 0 Å². The van der Waals surface area contributed by atoms with Crippen LogP contribution < -0.4 is 5.32 Å². The van der Waals surface area contributed by atoms with E-state index in [9.17, 15) is 0 Å². The Morgan fingerprint density at radius 3 is 3.11 bits per heavy atom. The fourth-order valence-corrected chi connectivity index (χ4v) is 5.47. The van der Waals surface area contributed by atoms with Crippen LogP contribution in [0.1, 0.15) is 36.8 Å². The molecule has 4 bridgehead atoms. The van der Waals surface area contributed by atoms with E-state index in [0.717, 1.165) is 13.0 Å². The van der Waals surface area contributed by atoms with Crippen LogP contribution in [0.15, 0.2) is 24.3 Å². The third-order valence-electron chi connectivity index (χ3n) is 6.06. The summed E-state index contributed by atoms with van der Waals surface area (Å²) in [6, 6.07) is 9.67. The molecular weight excluding hydrogens is 222 g/mol. The maximum absolute atomic E-state index is 6.52. The Balaban J connectivity index is 1.81. The molecule has 1 aliphatic carbocycles. The van der Waals surface area contributed by atoms with Gasteiger partial charge in [-0.25, -0.2) is 0 Å². The van der Waals surface area contributed by atoms with Crippen LogP contribution in [0.3, 0.4) is 0 Å². The first-order valence-electron chi connectivity index (χ1n) is 7.34. The van der Waals surface area contributed by atoms with Gasteiger partial charge in [-0.1, -0.05) is 24.3 Å². The average molecular weight is 241 g/mol. The maximum atomic E-state index is 6.52. The molecule has 1 spiro atoms. The molecule has 0 aromatic heterocycles. The summed E-state index contributed by atoms with van der Waals surface area (Å²) in [5.74, 6) is 0. The standard InChI is InChI=1S/C16H19NO/c1-2-4-13-11(3-1)9-14-16-6-5-12(18-16)10-15(13,16)7-8-17-14/h1-4,12,14,17H,5-10H2/t12?,14-,15-,16-/m1/s1. The van der Waals surface area contributed by atoms with Crippen LogP contribution in [0.25, 0.3) is 0 Å². The van der Waals surface area contributed by atoms with Crippen LogP contribution in [0.2, 0.25) is 0 Å². The van der Waals surface area contributed by atoms with Gasteiger partial charge in [0.05, 0.1) is 11.7 Å². The van der Waals surface area contributed by atoms with Crippen molar-refractivity contribution in [3.05, 3.63) is 35.4 Å². The molecule has 5 rings (SSSR count). The second-order valence-electron chi connectivity index (χ2n) is 6.57. The highest BCUT2D eigenvalue weighted by molar-refractivity contribution is 5.46. The van der Waals surface area contributed by atoms with Crippen molar-refractivity contribution in [1.82, 2.24) is 5.32 Å². The molecule has 0 saturated carbocycles. The van der Waals surface area contributed by atoms with E-state index in [4.69, 9.17) is 4.74 Å². The Kier molecular flexibility index (Phi) is 1.66. The van der Waals surface area contributed by atoms with Gasteiger partial charge in [0.15, 0.2) is 0 Å². The Labute approximate surface area is 108 Å². The number of hydrogen-bond donors (Lipinski definition) is 1. The minimum absolute atomic E-state index is 0.129. The molecule has 3 fully saturated rings. The van der Waals surface area contributed by atoms with Gasteiger partial charge in [-0.2, -0.15) is 0 Å². The summed E-state index contributed by atoms with van der Waals surface area (Å²) < 4.78 is 6.52. The Bertz CT molecular complexity index is 528. The third kappa shape index (κ3) is 0.896. The molecular formula is C16H19NO. The lowest BCUT2D eigenvalue weighted by molar-refractivity contribution is -0.0733. The summed E-state index contributed by atoms with van der Waals surface area (Å²) in [5.41, 5.74) is 3.65. The number of ether oxygens (including phenoxy) is 1. The number of piperidine rings is 1. The molecule has 4 atom stereocenters. The molecule has 1 unspecified atom stereocenters. The normalized spacial score (nSPS) is 47.8. The monoisotopic (exact) mass is 241 g/mol. The molecule has 2 nitrogen and oxygen atoms in total. The quantitative estimate of drug-likeness (QED) is 0.751. The topological polar surface area (TPSA) is 21.3 Å². The summed E-state index contributed by atoms with van der Waals surface area (Å²) >= 11 is 0. The van der Waals surface area contributed by atoms with Crippen molar-refractivity contribution in [2.45, 2.75) is 55.3 Å². The Morgan fingerprint density at radius 2 is 2.17 bits per heavy atom. The zero-order valence-electron chi connectivity index (χ0n) is 10.6. The fraction of sp³-hybridized carbons (Fsp3) is 0.625. The number of nitrogens with one attached hydrogen (secondary N) is 1. The largest absolute Gasteiger partial charge is 0.369 e. The summed E-state index contributed by atoms with van der Waals surface area (Å²) in [6.07, 6.45) is 6.76. The third-order valence-corrected chi connectivity index (χ3v) is 6.06. The molecule has 2 heteroatoms. The number of benzene rings is 1. The molecule has 94 valence electrons. The van der Waals surface area contributed by atoms with Gasteiger partial charge in [-0.3, -0.25) is 0 Å². The predicted molar refractivity (Wildman–Crippen MR) is 69.7 cm³/mol. The summed E-state index contributed by atoms with van der Waals surface area (Å²) in [7, 11) is 0. The summed E-state index contributed by atoms with van der Waals surface area (Å²) in [4.78, 5) is 0. The molecule has 4 aliphatic rings. The van der Waals surface area contributed by atoms with Crippen LogP contribution in [0, 0.1) is 0 Å². The molecule has 3 aliphatic heterocycles. The van der Waals surface area contributed by atoms with E-state index in [1.165, 1.54) is 25.7 Å². The van der Waals surface area contributed by atoms with Gasteiger partial charge < -0.3 is 10.1 Å². The number of hydrogen-bond acceptors (Lipinski definition) is 2. The molecule has 3 saturated heterocycles. The maximum Gasteiger partial charge on any atom is 0.0940 e. The van der Waals surface area contributed by atoms with E-state index >= 15 is 0 Å².